The average molecular weight is 522 g/mol. The van der Waals surface area contributed by atoms with Crippen LogP contribution in [0.3, 0.4) is 0 Å². The van der Waals surface area contributed by atoms with Gasteiger partial charge in [0, 0.05) is 40.4 Å². The standard InChI is InChI=1S/C25H32BrNO6/c1-7-32-8-9-33-24(29)21-14(2)27-17-12-25(3,4)13-18(28)23(17)22(21)15-10-19(30-5)20(31-6)11-16(15)26/h10-11,21-22H,7-9,12-13H2,1-6H3/t21?,22-/m0/s1. The number of benzene rings is 1. The Morgan fingerprint density at radius 1 is 1.15 bits per heavy atom. The van der Waals surface area contributed by atoms with E-state index in [0.717, 1.165) is 15.7 Å². The molecule has 1 unspecified atom stereocenters. The zero-order valence-electron chi connectivity index (χ0n) is 20.1. The number of Topliss-reactive ketones (excluding diaryl/α,β-unsaturated/α-hetero) is 1. The van der Waals surface area contributed by atoms with Gasteiger partial charge < -0.3 is 18.9 Å². The molecule has 1 aromatic carbocycles. The summed E-state index contributed by atoms with van der Waals surface area (Å²) in [5.41, 5.74) is 2.53. The molecule has 0 aromatic heterocycles. The number of nitrogens with zero attached hydrogens (tertiary/aromatic N) is 1. The highest BCUT2D eigenvalue weighted by Crippen LogP contribution is 2.50. The molecule has 0 saturated carbocycles. The van der Waals surface area contributed by atoms with Crippen LogP contribution in [-0.2, 0) is 19.1 Å². The van der Waals surface area contributed by atoms with Gasteiger partial charge in [-0.1, -0.05) is 29.8 Å². The Kier molecular flexibility index (Phi) is 8.00. The summed E-state index contributed by atoms with van der Waals surface area (Å²) in [6, 6.07) is 3.62. The predicted molar refractivity (Wildman–Crippen MR) is 129 cm³/mol. The molecule has 180 valence electrons. The molecule has 0 N–H and O–H groups in total. The molecule has 2 atom stereocenters. The Labute approximate surface area is 203 Å². The Bertz CT molecular complexity index is 997. The van der Waals surface area contributed by atoms with Gasteiger partial charge in [0.15, 0.2) is 17.3 Å². The Hall–Kier alpha value is -2.19. The summed E-state index contributed by atoms with van der Waals surface area (Å²) in [5.74, 6) is -0.622. The number of aliphatic imine (C=N–C) groups is 1. The molecule has 1 aliphatic heterocycles. The molecule has 0 amide bonds. The van der Waals surface area contributed by atoms with Gasteiger partial charge >= 0.3 is 5.97 Å². The number of ether oxygens (including phenoxy) is 4. The van der Waals surface area contributed by atoms with E-state index in [1.807, 2.05) is 19.9 Å². The van der Waals surface area contributed by atoms with Crippen molar-refractivity contribution in [3.8, 4) is 11.5 Å². The average Bonchev–Trinajstić information content (AvgIpc) is 2.74. The lowest BCUT2D eigenvalue weighted by Gasteiger charge is -2.39. The number of halogens is 1. The van der Waals surface area contributed by atoms with Crippen molar-refractivity contribution in [1.82, 2.24) is 0 Å². The summed E-state index contributed by atoms with van der Waals surface area (Å²) in [7, 11) is 3.12. The van der Waals surface area contributed by atoms with E-state index in [1.165, 1.54) is 0 Å². The fourth-order valence-corrected chi connectivity index (χ4v) is 5.20. The molecule has 0 spiro atoms. The van der Waals surface area contributed by atoms with Crippen LogP contribution < -0.4 is 9.47 Å². The van der Waals surface area contributed by atoms with Crippen LogP contribution in [0.25, 0.3) is 0 Å². The van der Waals surface area contributed by atoms with Crippen molar-refractivity contribution >= 4 is 33.4 Å². The second kappa shape index (κ2) is 10.4. The number of carbonyl (C=O) groups excluding carboxylic acids is 2. The third-order valence-corrected chi connectivity index (χ3v) is 6.76. The number of ketones is 1. The number of methoxy groups -OCH3 is 2. The van der Waals surface area contributed by atoms with Crippen LogP contribution >= 0.6 is 15.9 Å². The normalized spacial score (nSPS) is 21.9. The minimum atomic E-state index is -0.732. The first-order valence-electron chi connectivity index (χ1n) is 11.1. The predicted octanol–water partition coefficient (Wildman–Crippen LogP) is 4.86. The van der Waals surface area contributed by atoms with Gasteiger partial charge in [0.25, 0.3) is 0 Å². The van der Waals surface area contributed by atoms with Crippen LogP contribution in [0.4, 0.5) is 0 Å². The van der Waals surface area contributed by atoms with Crippen LogP contribution in [0.1, 0.15) is 52.0 Å². The largest absolute Gasteiger partial charge is 0.493 e. The number of allylic oxidation sites excluding steroid dienone is 2. The maximum absolute atomic E-state index is 13.4. The minimum Gasteiger partial charge on any atom is -0.493 e. The lowest BCUT2D eigenvalue weighted by atomic mass is 9.67. The van der Waals surface area contributed by atoms with E-state index in [9.17, 15) is 9.59 Å². The minimum absolute atomic E-state index is 0.0105. The van der Waals surface area contributed by atoms with Crippen molar-refractivity contribution in [1.29, 1.82) is 0 Å². The third-order valence-electron chi connectivity index (χ3n) is 6.07. The van der Waals surface area contributed by atoms with E-state index >= 15 is 0 Å². The topological polar surface area (TPSA) is 83.4 Å². The van der Waals surface area contributed by atoms with E-state index < -0.39 is 17.8 Å². The van der Waals surface area contributed by atoms with Gasteiger partial charge in [0.1, 0.15) is 12.5 Å². The maximum atomic E-state index is 13.4. The molecule has 8 heteroatoms. The Morgan fingerprint density at radius 2 is 1.82 bits per heavy atom. The van der Waals surface area contributed by atoms with Crippen LogP contribution in [0.15, 0.2) is 32.9 Å². The second-order valence-corrected chi connectivity index (χ2v) is 9.96. The zero-order valence-corrected chi connectivity index (χ0v) is 21.7. The number of esters is 1. The third kappa shape index (κ3) is 5.32. The van der Waals surface area contributed by atoms with E-state index in [0.29, 0.717) is 48.8 Å². The fraction of sp³-hybridized carbons (Fsp3) is 0.560. The van der Waals surface area contributed by atoms with Gasteiger partial charge in [0.05, 0.1) is 20.8 Å². The van der Waals surface area contributed by atoms with Gasteiger partial charge in [-0.3, -0.25) is 14.6 Å². The van der Waals surface area contributed by atoms with Crippen molar-refractivity contribution in [2.24, 2.45) is 16.3 Å². The van der Waals surface area contributed by atoms with E-state index in [-0.39, 0.29) is 17.8 Å². The summed E-state index contributed by atoms with van der Waals surface area (Å²) in [5, 5.41) is 0. The molecule has 1 aromatic rings. The summed E-state index contributed by atoms with van der Waals surface area (Å²) < 4.78 is 22.5. The van der Waals surface area contributed by atoms with Crippen molar-refractivity contribution in [3.05, 3.63) is 33.4 Å². The first-order valence-corrected chi connectivity index (χ1v) is 11.9. The highest BCUT2D eigenvalue weighted by Gasteiger charge is 2.46. The highest BCUT2D eigenvalue weighted by atomic mass is 79.9. The smallest absolute Gasteiger partial charge is 0.315 e. The first kappa shape index (κ1) is 25.4. The molecule has 0 radical (unpaired) electrons. The van der Waals surface area contributed by atoms with Crippen LogP contribution in [0.2, 0.25) is 0 Å². The maximum Gasteiger partial charge on any atom is 0.315 e. The molecular weight excluding hydrogens is 490 g/mol. The van der Waals surface area contributed by atoms with E-state index in [1.54, 1.807) is 20.3 Å². The first-order chi connectivity index (χ1) is 15.6. The quantitative estimate of drug-likeness (QED) is 0.358. The monoisotopic (exact) mass is 521 g/mol. The van der Waals surface area contributed by atoms with Gasteiger partial charge in [-0.2, -0.15) is 0 Å². The molecular formula is C25H32BrNO6. The van der Waals surface area contributed by atoms with Crippen LogP contribution in [-0.4, -0.2) is 51.5 Å². The summed E-state index contributed by atoms with van der Waals surface area (Å²) in [6.45, 7) is 8.84. The molecule has 0 fully saturated rings. The van der Waals surface area contributed by atoms with Crippen LogP contribution in [0.5, 0.6) is 11.5 Å². The van der Waals surface area contributed by atoms with Gasteiger partial charge in [0.2, 0.25) is 0 Å². The molecule has 1 aliphatic carbocycles. The number of rotatable bonds is 8. The van der Waals surface area contributed by atoms with Crippen molar-refractivity contribution < 1.29 is 28.5 Å². The zero-order chi connectivity index (χ0) is 24.3. The number of hydrogen-bond donors (Lipinski definition) is 0. The Balaban J connectivity index is 2.13. The lowest BCUT2D eigenvalue weighted by molar-refractivity contribution is -0.148. The lowest BCUT2D eigenvalue weighted by Crippen LogP contribution is -2.40. The van der Waals surface area contributed by atoms with Crippen molar-refractivity contribution in [2.45, 2.75) is 46.5 Å². The van der Waals surface area contributed by atoms with Gasteiger partial charge in [-0.15, -0.1) is 0 Å². The summed E-state index contributed by atoms with van der Waals surface area (Å²) in [6.07, 6.45) is 1.06. The second-order valence-electron chi connectivity index (χ2n) is 9.10. The van der Waals surface area contributed by atoms with E-state index in [4.69, 9.17) is 23.9 Å². The molecule has 0 saturated heterocycles. The summed E-state index contributed by atoms with van der Waals surface area (Å²) >= 11 is 3.63. The molecule has 0 bridgehead atoms. The Morgan fingerprint density at radius 3 is 2.45 bits per heavy atom. The molecule has 33 heavy (non-hydrogen) atoms. The SMILES string of the molecule is CCOCCOC(=O)C1C(C)=NC2=C(C(=O)CC(C)(C)C2)[C@H]1c1cc(OC)c(OC)cc1Br. The highest BCUT2D eigenvalue weighted by molar-refractivity contribution is 9.10. The number of hydrogen-bond acceptors (Lipinski definition) is 7. The van der Waals surface area contributed by atoms with E-state index in [2.05, 4.69) is 29.8 Å². The van der Waals surface area contributed by atoms with Crippen molar-refractivity contribution in [3.63, 3.8) is 0 Å². The van der Waals surface area contributed by atoms with Crippen molar-refractivity contribution in [2.75, 3.05) is 34.0 Å². The molecule has 2 aliphatic rings. The molecule has 7 nitrogen and oxygen atoms in total. The fourth-order valence-electron chi connectivity index (χ4n) is 4.63. The van der Waals surface area contributed by atoms with Gasteiger partial charge in [-0.05, 0) is 43.4 Å². The van der Waals surface area contributed by atoms with Gasteiger partial charge in [-0.25, -0.2) is 0 Å². The molecule has 3 rings (SSSR count). The molecule has 1 heterocycles. The van der Waals surface area contributed by atoms with Crippen LogP contribution in [0, 0.1) is 11.3 Å². The number of carbonyl (C=O) groups is 2. The summed E-state index contributed by atoms with van der Waals surface area (Å²) in [4.78, 5) is 31.5.